The number of alkyl halides is 3. The van der Waals surface area contributed by atoms with Gasteiger partial charge in [0.05, 0.1) is 0 Å². The number of halogens is 3. The summed E-state index contributed by atoms with van der Waals surface area (Å²) in [5, 5.41) is 2.36. The van der Waals surface area contributed by atoms with Crippen LogP contribution < -0.4 is 11.1 Å². The summed E-state index contributed by atoms with van der Waals surface area (Å²) in [5.41, 5.74) is 2.72. The second-order valence-corrected chi connectivity index (χ2v) is 3.49. The molecule has 1 amide bonds. The number of carbonyl (C=O) groups excluding carboxylic acids is 1. The molecule has 1 aliphatic rings. The zero-order chi connectivity index (χ0) is 10.8. The lowest BCUT2D eigenvalue weighted by molar-refractivity contribution is -0.153. The first-order valence-corrected chi connectivity index (χ1v) is 4.45. The Hall–Kier alpha value is -0.780. The lowest BCUT2D eigenvalue weighted by atomic mass is 9.82. The van der Waals surface area contributed by atoms with E-state index in [9.17, 15) is 18.0 Å². The molecule has 0 aliphatic carbocycles. The monoisotopic (exact) mass is 210 g/mol. The van der Waals surface area contributed by atoms with Crippen molar-refractivity contribution in [1.82, 2.24) is 5.32 Å². The largest absolute Gasteiger partial charge is 0.368 e. The van der Waals surface area contributed by atoms with Gasteiger partial charge in [-0.2, -0.15) is 0 Å². The Labute approximate surface area is 79.8 Å². The summed E-state index contributed by atoms with van der Waals surface area (Å²) in [7, 11) is 0. The number of hydrogen-bond donors (Lipinski definition) is 2. The van der Waals surface area contributed by atoms with Gasteiger partial charge in [-0.15, -0.1) is 0 Å². The molecule has 1 unspecified atom stereocenters. The second kappa shape index (κ2) is 3.76. The molecule has 0 saturated carbocycles. The Bertz CT molecular complexity index is 227. The summed E-state index contributed by atoms with van der Waals surface area (Å²) in [6, 6.07) is 0. The van der Waals surface area contributed by atoms with Gasteiger partial charge in [-0.05, 0) is 25.8 Å². The molecule has 0 aromatic carbocycles. The van der Waals surface area contributed by atoms with Gasteiger partial charge in [-0.25, -0.2) is 13.2 Å². The summed E-state index contributed by atoms with van der Waals surface area (Å²) < 4.78 is 38.6. The van der Waals surface area contributed by atoms with E-state index in [0.29, 0.717) is 12.8 Å². The number of nitrogens with two attached hydrogens (primary N) is 1. The van der Waals surface area contributed by atoms with Crippen molar-refractivity contribution in [3.8, 4) is 0 Å². The van der Waals surface area contributed by atoms with E-state index in [1.165, 1.54) is 0 Å². The number of carbonyl (C=O) groups is 1. The fourth-order valence-electron chi connectivity index (χ4n) is 1.72. The molecule has 0 spiro atoms. The Morgan fingerprint density at radius 3 is 2.50 bits per heavy atom. The Balaban J connectivity index is 2.97. The predicted octanol–water partition coefficient (Wildman–Crippen LogP) is 0.589. The van der Waals surface area contributed by atoms with E-state index in [2.05, 4.69) is 5.32 Å². The van der Waals surface area contributed by atoms with Crippen molar-refractivity contribution in [3.05, 3.63) is 0 Å². The highest BCUT2D eigenvalue weighted by Gasteiger charge is 2.58. The van der Waals surface area contributed by atoms with Gasteiger partial charge in [0.1, 0.15) is 0 Å². The second-order valence-electron chi connectivity index (χ2n) is 3.49. The molecule has 1 heterocycles. The van der Waals surface area contributed by atoms with Crippen LogP contribution in [0, 0.1) is 0 Å². The summed E-state index contributed by atoms with van der Waals surface area (Å²) in [6.07, 6.45) is 1.03. The quantitative estimate of drug-likeness (QED) is 0.716. The molecule has 1 atom stereocenters. The van der Waals surface area contributed by atoms with Gasteiger partial charge in [0, 0.05) is 0 Å². The van der Waals surface area contributed by atoms with Crippen LogP contribution in [0.3, 0.4) is 0 Å². The highest BCUT2D eigenvalue weighted by molar-refractivity contribution is 5.86. The third kappa shape index (κ3) is 1.58. The summed E-state index contributed by atoms with van der Waals surface area (Å²) >= 11 is 0. The van der Waals surface area contributed by atoms with Crippen LogP contribution in [0.4, 0.5) is 13.2 Å². The van der Waals surface area contributed by atoms with Crippen LogP contribution in [0.1, 0.15) is 19.3 Å². The first-order valence-electron chi connectivity index (χ1n) is 4.45. The minimum atomic E-state index is -3.72. The molecule has 0 radical (unpaired) electrons. The van der Waals surface area contributed by atoms with E-state index in [4.69, 9.17) is 5.73 Å². The number of rotatable bonds is 3. The maximum Gasteiger partial charge on any atom is 0.302 e. The lowest BCUT2D eigenvalue weighted by Gasteiger charge is -2.40. The molecule has 0 aromatic rings. The third-order valence-corrected chi connectivity index (χ3v) is 2.62. The average Bonchev–Trinajstić information content (AvgIpc) is 2.18. The molecule has 82 valence electrons. The van der Waals surface area contributed by atoms with E-state index >= 15 is 0 Å². The van der Waals surface area contributed by atoms with E-state index in [0.717, 1.165) is 0 Å². The molecular formula is C8H13F3N2O. The van der Waals surface area contributed by atoms with Gasteiger partial charge >= 0.3 is 5.92 Å². The normalized spacial score (nSPS) is 28.8. The molecule has 0 aromatic heterocycles. The zero-order valence-electron chi connectivity index (χ0n) is 7.66. The molecule has 3 nitrogen and oxygen atoms in total. The van der Waals surface area contributed by atoms with Crippen molar-refractivity contribution in [2.75, 3.05) is 13.2 Å². The van der Waals surface area contributed by atoms with Gasteiger partial charge < -0.3 is 5.73 Å². The maximum absolute atomic E-state index is 13.2. The minimum Gasteiger partial charge on any atom is -0.368 e. The molecule has 3 N–H and O–H groups in total. The van der Waals surface area contributed by atoms with Crippen molar-refractivity contribution < 1.29 is 18.0 Å². The van der Waals surface area contributed by atoms with Crippen LogP contribution in [-0.4, -0.2) is 30.6 Å². The van der Waals surface area contributed by atoms with E-state index in [1.807, 2.05) is 0 Å². The lowest BCUT2D eigenvalue weighted by Crippen LogP contribution is -2.68. The smallest absolute Gasteiger partial charge is 0.302 e. The first kappa shape index (κ1) is 11.3. The Kier molecular flexibility index (Phi) is 3.04. The van der Waals surface area contributed by atoms with Crippen LogP contribution in [0.2, 0.25) is 0 Å². The maximum atomic E-state index is 13.2. The first-order chi connectivity index (χ1) is 6.46. The highest BCUT2D eigenvalue weighted by atomic mass is 19.3. The van der Waals surface area contributed by atoms with Crippen LogP contribution in [0.15, 0.2) is 0 Å². The number of nitrogens with one attached hydrogen (secondary N) is 1. The Morgan fingerprint density at radius 1 is 1.50 bits per heavy atom. The number of amides is 1. The summed E-state index contributed by atoms with van der Waals surface area (Å²) in [5.74, 6) is -4.90. The SMILES string of the molecule is NC(=O)C1(C(F)(F)CF)CCCCN1. The number of piperidine rings is 1. The van der Waals surface area contributed by atoms with Crippen molar-refractivity contribution >= 4 is 5.91 Å². The standard InChI is InChI=1S/C8H13F3N2O/c9-5-8(10,11)7(6(12)14)3-1-2-4-13-7/h13H,1-5H2,(H2,12,14). The van der Waals surface area contributed by atoms with E-state index in [1.54, 1.807) is 0 Å². The van der Waals surface area contributed by atoms with Crippen molar-refractivity contribution in [2.45, 2.75) is 30.7 Å². The van der Waals surface area contributed by atoms with Gasteiger partial charge in [0.2, 0.25) is 5.91 Å². The molecule has 1 rings (SSSR count). The Morgan fingerprint density at radius 2 is 2.14 bits per heavy atom. The van der Waals surface area contributed by atoms with Gasteiger partial charge in [0.15, 0.2) is 12.2 Å². The van der Waals surface area contributed by atoms with E-state index < -0.39 is 24.0 Å². The molecule has 1 aliphatic heterocycles. The molecular weight excluding hydrogens is 197 g/mol. The molecule has 1 saturated heterocycles. The van der Waals surface area contributed by atoms with Crippen LogP contribution in [0.25, 0.3) is 0 Å². The van der Waals surface area contributed by atoms with Crippen molar-refractivity contribution in [3.63, 3.8) is 0 Å². The molecule has 1 fully saturated rings. The van der Waals surface area contributed by atoms with Gasteiger partial charge in [0.25, 0.3) is 0 Å². The third-order valence-electron chi connectivity index (χ3n) is 2.62. The van der Waals surface area contributed by atoms with Crippen LogP contribution in [-0.2, 0) is 4.79 Å². The van der Waals surface area contributed by atoms with Crippen LogP contribution in [0.5, 0.6) is 0 Å². The fraction of sp³-hybridized carbons (Fsp3) is 0.875. The topological polar surface area (TPSA) is 55.1 Å². The van der Waals surface area contributed by atoms with Crippen molar-refractivity contribution in [2.24, 2.45) is 5.73 Å². The number of hydrogen-bond acceptors (Lipinski definition) is 2. The zero-order valence-corrected chi connectivity index (χ0v) is 7.66. The average molecular weight is 210 g/mol. The van der Waals surface area contributed by atoms with Gasteiger partial charge in [-0.1, -0.05) is 0 Å². The van der Waals surface area contributed by atoms with Crippen molar-refractivity contribution in [1.29, 1.82) is 0 Å². The highest BCUT2D eigenvalue weighted by Crippen LogP contribution is 2.35. The van der Waals surface area contributed by atoms with Crippen LogP contribution >= 0.6 is 0 Å². The fourth-order valence-corrected chi connectivity index (χ4v) is 1.72. The molecule has 6 heteroatoms. The molecule has 14 heavy (non-hydrogen) atoms. The predicted molar refractivity (Wildman–Crippen MR) is 44.7 cm³/mol. The van der Waals surface area contributed by atoms with Gasteiger partial charge in [-0.3, -0.25) is 10.1 Å². The molecule has 0 bridgehead atoms. The summed E-state index contributed by atoms with van der Waals surface area (Å²) in [4.78, 5) is 11.0. The minimum absolute atomic E-state index is 0.112. The van der Waals surface area contributed by atoms with E-state index in [-0.39, 0.29) is 13.0 Å². The number of primary amides is 1. The summed E-state index contributed by atoms with van der Waals surface area (Å²) in [6.45, 7) is -1.61.